The van der Waals surface area contributed by atoms with Gasteiger partial charge in [0.1, 0.15) is 5.82 Å². The minimum absolute atomic E-state index is 0.336. The summed E-state index contributed by atoms with van der Waals surface area (Å²) in [4.78, 5) is 6.70. The van der Waals surface area contributed by atoms with E-state index in [1.807, 2.05) is 18.3 Å². The van der Waals surface area contributed by atoms with E-state index in [0.717, 1.165) is 37.5 Å². The Kier molecular flexibility index (Phi) is 4.02. The van der Waals surface area contributed by atoms with E-state index in [1.54, 1.807) is 0 Å². The molecule has 0 aliphatic carbocycles. The van der Waals surface area contributed by atoms with Crippen LogP contribution in [-0.4, -0.2) is 30.8 Å². The fourth-order valence-electron chi connectivity index (χ4n) is 1.86. The molecule has 1 fully saturated rings. The lowest BCUT2D eigenvalue weighted by Gasteiger charge is -2.33. The Morgan fingerprint density at radius 3 is 3.06 bits per heavy atom. The quantitative estimate of drug-likeness (QED) is 0.759. The van der Waals surface area contributed by atoms with Gasteiger partial charge < -0.3 is 9.64 Å². The summed E-state index contributed by atoms with van der Waals surface area (Å²) in [5.41, 5.74) is 1.06. The molecule has 1 aliphatic rings. The van der Waals surface area contributed by atoms with Crippen molar-refractivity contribution < 1.29 is 4.74 Å². The molecule has 88 valence electrons. The van der Waals surface area contributed by atoms with Crippen LogP contribution in [0.4, 0.5) is 5.82 Å². The topological polar surface area (TPSA) is 25.4 Å². The van der Waals surface area contributed by atoms with Crippen LogP contribution >= 0.6 is 11.6 Å². The fourth-order valence-corrected chi connectivity index (χ4v) is 2.02. The van der Waals surface area contributed by atoms with Gasteiger partial charge >= 0.3 is 0 Å². The van der Waals surface area contributed by atoms with E-state index >= 15 is 0 Å². The van der Waals surface area contributed by atoms with E-state index in [0.29, 0.717) is 12.0 Å². The predicted molar refractivity (Wildman–Crippen MR) is 66.0 cm³/mol. The van der Waals surface area contributed by atoms with Gasteiger partial charge in [-0.2, -0.15) is 0 Å². The van der Waals surface area contributed by atoms with Crippen molar-refractivity contribution in [3.8, 4) is 0 Å². The van der Waals surface area contributed by atoms with Crippen molar-refractivity contribution in [3.63, 3.8) is 0 Å². The van der Waals surface area contributed by atoms with Crippen molar-refractivity contribution in [2.24, 2.45) is 0 Å². The number of rotatable bonds is 3. The van der Waals surface area contributed by atoms with Crippen LogP contribution in [0.3, 0.4) is 0 Å². The minimum atomic E-state index is 0.336. The van der Waals surface area contributed by atoms with Crippen molar-refractivity contribution in [1.82, 2.24) is 4.98 Å². The molecule has 0 spiro atoms. The summed E-state index contributed by atoms with van der Waals surface area (Å²) in [7, 11) is 0. The molecular weight excluding hydrogens is 224 g/mol. The maximum Gasteiger partial charge on any atom is 0.128 e. The molecule has 2 rings (SSSR count). The largest absolute Gasteiger partial charge is 0.375 e. The molecule has 16 heavy (non-hydrogen) atoms. The molecule has 0 bridgehead atoms. The summed E-state index contributed by atoms with van der Waals surface area (Å²) in [6.45, 7) is 4.79. The Labute approximate surface area is 101 Å². The highest BCUT2D eigenvalue weighted by Gasteiger charge is 2.19. The maximum atomic E-state index is 5.74. The van der Waals surface area contributed by atoms with Crippen molar-refractivity contribution in [3.05, 3.63) is 23.9 Å². The predicted octanol–water partition coefficient (Wildman–Crippen LogP) is 2.44. The first-order valence-corrected chi connectivity index (χ1v) is 6.24. The van der Waals surface area contributed by atoms with E-state index in [9.17, 15) is 0 Å². The van der Waals surface area contributed by atoms with E-state index in [2.05, 4.69) is 16.8 Å². The van der Waals surface area contributed by atoms with Gasteiger partial charge in [-0.25, -0.2) is 4.98 Å². The number of pyridine rings is 1. The summed E-state index contributed by atoms with van der Waals surface area (Å²) in [5.74, 6) is 1.55. The first-order valence-electron chi connectivity index (χ1n) is 5.71. The number of ether oxygens (including phenoxy) is 1. The summed E-state index contributed by atoms with van der Waals surface area (Å²) in [5, 5.41) is 0. The van der Waals surface area contributed by atoms with E-state index in [1.165, 1.54) is 0 Å². The Bertz CT molecular complexity index is 328. The molecule has 1 atom stereocenters. The lowest BCUT2D eigenvalue weighted by Crippen LogP contribution is -2.42. The van der Waals surface area contributed by atoms with Crippen LogP contribution in [0.2, 0.25) is 0 Å². The molecular formula is C12H17ClN2O. The first-order chi connectivity index (χ1) is 7.83. The van der Waals surface area contributed by atoms with Crippen LogP contribution in [0, 0.1) is 0 Å². The zero-order valence-corrected chi connectivity index (χ0v) is 10.3. The molecule has 0 saturated carbocycles. The van der Waals surface area contributed by atoms with Crippen molar-refractivity contribution in [2.75, 3.05) is 24.6 Å². The van der Waals surface area contributed by atoms with E-state index in [-0.39, 0.29) is 0 Å². The van der Waals surface area contributed by atoms with Gasteiger partial charge in [0.2, 0.25) is 0 Å². The number of hydrogen-bond donors (Lipinski definition) is 0. The third kappa shape index (κ3) is 2.66. The summed E-state index contributed by atoms with van der Waals surface area (Å²) in [6.07, 6.45) is 3.23. The summed E-state index contributed by atoms with van der Waals surface area (Å²) in [6, 6.07) is 4.07. The summed E-state index contributed by atoms with van der Waals surface area (Å²) < 4.78 is 5.63. The molecule has 0 amide bonds. The van der Waals surface area contributed by atoms with Crippen LogP contribution in [0.5, 0.6) is 0 Å². The van der Waals surface area contributed by atoms with Gasteiger partial charge in [-0.15, -0.1) is 11.6 Å². The Balaban J connectivity index is 2.05. The third-order valence-electron chi connectivity index (χ3n) is 2.88. The number of morpholine rings is 1. The second-order valence-electron chi connectivity index (χ2n) is 4.01. The second-order valence-corrected chi connectivity index (χ2v) is 4.27. The number of anilines is 1. The first kappa shape index (κ1) is 11.7. The third-order valence-corrected chi connectivity index (χ3v) is 3.19. The van der Waals surface area contributed by atoms with Gasteiger partial charge in [0, 0.05) is 25.2 Å². The van der Waals surface area contributed by atoms with E-state index in [4.69, 9.17) is 16.3 Å². The average molecular weight is 241 g/mol. The van der Waals surface area contributed by atoms with Crippen LogP contribution < -0.4 is 4.90 Å². The highest BCUT2D eigenvalue weighted by atomic mass is 35.5. The van der Waals surface area contributed by atoms with Gasteiger partial charge in [0.05, 0.1) is 12.7 Å². The smallest absolute Gasteiger partial charge is 0.128 e. The zero-order valence-electron chi connectivity index (χ0n) is 9.53. The number of hydrogen-bond acceptors (Lipinski definition) is 3. The average Bonchev–Trinajstić information content (AvgIpc) is 2.39. The molecule has 3 nitrogen and oxygen atoms in total. The minimum Gasteiger partial charge on any atom is -0.375 e. The lowest BCUT2D eigenvalue weighted by atomic mass is 10.2. The van der Waals surface area contributed by atoms with Gasteiger partial charge in [-0.05, 0) is 18.1 Å². The number of aromatic nitrogens is 1. The number of alkyl halides is 1. The highest BCUT2D eigenvalue weighted by molar-refractivity contribution is 6.17. The monoisotopic (exact) mass is 240 g/mol. The Morgan fingerprint density at radius 2 is 2.44 bits per heavy atom. The molecule has 4 heteroatoms. The maximum absolute atomic E-state index is 5.74. The molecule has 1 saturated heterocycles. The van der Waals surface area contributed by atoms with Gasteiger partial charge in [-0.3, -0.25) is 0 Å². The van der Waals surface area contributed by atoms with Crippen LogP contribution in [0.15, 0.2) is 18.3 Å². The SMILES string of the molecule is CCC1CN(c2ccc(CCl)cn2)CCO1. The molecule has 0 radical (unpaired) electrons. The molecule has 1 aromatic rings. The Morgan fingerprint density at radius 1 is 1.56 bits per heavy atom. The lowest BCUT2D eigenvalue weighted by molar-refractivity contribution is 0.0381. The molecule has 2 heterocycles. The van der Waals surface area contributed by atoms with Crippen molar-refractivity contribution in [1.29, 1.82) is 0 Å². The Hall–Kier alpha value is -0.800. The van der Waals surface area contributed by atoms with Crippen molar-refractivity contribution >= 4 is 17.4 Å². The zero-order chi connectivity index (χ0) is 11.4. The van der Waals surface area contributed by atoms with E-state index < -0.39 is 0 Å². The molecule has 1 aromatic heterocycles. The number of nitrogens with zero attached hydrogens (tertiary/aromatic N) is 2. The van der Waals surface area contributed by atoms with Gasteiger partial charge in [-0.1, -0.05) is 13.0 Å². The normalized spacial score (nSPS) is 21.1. The molecule has 0 aromatic carbocycles. The molecule has 1 aliphatic heterocycles. The van der Waals surface area contributed by atoms with Gasteiger partial charge in [0.25, 0.3) is 0 Å². The molecule has 1 unspecified atom stereocenters. The van der Waals surface area contributed by atoms with Crippen LogP contribution in [0.1, 0.15) is 18.9 Å². The van der Waals surface area contributed by atoms with Crippen molar-refractivity contribution in [2.45, 2.75) is 25.3 Å². The highest BCUT2D eigenvalue weighted by Crippen LogP contribution is 2.17. The van der Waals surface area contributed by atoms with Gasteiger partial charge in [0.15, 0.2) is 0 Å². The molecule has 0 N–H and O–H groups in total. The number of halogens is 1. The second kappa shape index (κ2) is 5.51. The summed E-state index contributed by atoms with van der Waals surface area (Å²) >= 11 is 5.74. The van der Waals surface area contributed by atoms with Crippen LogP contribution in [0.25, 0.3) is 0 Å². The fraction of sp³-hybridized carbons (Fsp3) is 0.583. The standard InChI is InChI=1S/C12H17ClN2O/c1-2-11-9-15(5-6-16-11)12-4-3-10(7-13)8-14-12/h3-4,8,11H,2,5-7,9H2,1H3. The van der Waals surface area contributed by atoms with Crippen LogP contribution in [-0.2, 0) is 10.6 Å².